The molecule has 1 aliphatic heterocycles. The summed E-state index contributed by atoms with van der Waals surface area (Å²) in [7, 11) is 0. The Balaban J connectivity index is 1.59. The molecule has 0 saturated carbocycles. The molecule has 1 amide bonds. The van der Waals surface area contributed by atoms with Crippen molar-refractivity contribution in [3.8, 4) is 0 Å². The van der Waals surface area contributed by atoms with Crippen LogP contribution in [0.3, 0.4) is 0 Å². The van der Waals surface area contributed by atoms with Crippen LogP contribution in [0, 0.1) is 0 Å². The lowest BCUT2D eigenvalue weighted by Crippen LogP contribution is -2.45. The first-order valence-corrected chi connectivity index (χ1v) is 8.87. The third-order valence-electron chi connectivity index (χ3n) is 4.11. The van der Waals surface area contributed by atoms with Gasteiger partial charge in [-0.3, -0.25) is 4.79 Å². The maximum atomic E-state index is 12.7. The molecule has 24 heavy (non-hydrogen) atoms. The van der Waals surface area contributed by atoms with E-state index in [1.54, 1.807) is 6.20 Å². The van der Waals surface area contributed by atoms with Crippen LogP contribution in [0.4, 0.5) is 5.82 Å². The zero-order chi connectivity index (χ0) is 16.9. The van der Waals surface area contributed by atoms with Gasteiger partial charge in [-0.05, 0) is 48.5 Å². The Morgan fingerprint density at radius 2 is 2.42 bits per heavy atom. The number of nitrogen functional groups attached to an aromatic ring is 1. The van der Waals surface area contributed by atoms with Crippen molar-refractivity contribution in [2.75, 3.05) is 25.4 Å². The van der Waals surface area contributed by atoms with E-state index < -0.39 is 0 Å². The number of carbonyl (C=O) groups excluding carboxylic acids is 1. The van der Waals surface area contributed by atoms with Gasteiger partial charge in [-0.25, -0.2) is 4.98 Å². The first kappa shape index (κ1) is 16.8. The van der Waals surface area contributed by atoms with Crippen LogP contribution >= 0.6 is 11.5 Å². The van der Waals surface area contributed by atoms with Gasteiger partial charge in [0.05, 0.1) is 18.4 Å². The van der Waals surface area contributed by atoms with Gasteiger partial charge < -0.3 is 15.4 Å². The van der Waals surface area contributed by atoms with Crippen molar-refractivity contribution < 1.29 is 9.53 Å². The average molecular weight is 347 g/mol. The van der Waals surface area contributed by atoms with Crippen LogP contribution in [0.15, 0.2) is 18.3 Å². The van der Waals surface area contributed by atoms with E-state index in [1.807, 2.05) is 24.0 Å². The maximum absolute atomic E-state index is 12.7. The van der Waals surface area contributed by atoms with Gasteiger partial charge in [0.1, 0.15) is 10.7 Å². The molecule has 1 saturated heterocycles. The molecule has 0 unspecified atom stereocenters. The van der Waals surface area contributed by atoms with E-state index in [0.717, 1.165) is 30.5 Å². The van der Waals surface area contributed by atoms with Crippen LogP contribution < -0.4 is 5.73 Å². The number of rotatable bonds is 5. The van der Waals surface area contributed by atoms with Crippen molar-refractivity contribution in [3.63, 3.8) is 0 Å². The Morgan fingerprint density at radius 3 is 3.21 bits per heavy atom. The third-order valence-corrected chi connectivity index (χ3v) is 4.87. The first-order valence-electron chi connectivity index (χ1n) is 8.10. The molecule has 2 N–H and O–H groups in total. The maximum Gasteiger partial charge on any atom is 0.267 e. The highest BCUT2D eigenvalue weighted by Gasteiger charge is 2.27. The lowest BCUT2D eigenvalue weighted by atomic mass is 10.1. The molecule has 2 aromatic heterocycles. The number of amides is 1. The number of nitrogens with zero attached hydrogens (tertiary/aromatic N) is 4. The highest BCUT2D eigenvalue weighted by atomic mass is 32.1. The number of pyridine rings is 1. The molecule has 0 spiro atoms. The number of anilines is 1. The number of hydrogen-bond acceptors (Lipinski definition) is 7. The molecule has 0 radical (unpaired) electrons. The van der Waals surface area contributed by atoms with E-state index in [4.69, 9.17) is 10.5 Å². The van der Waals surface area contributed by atoms with Crippen LogP contribution in [-0.4, -0.2) is 51.2 Å². The van der Waals surface area contributed by atoms with Gasteiger partial charge in [-0.15, -0.1) is 5.10 Å². The zero-order valence-electron chi connectivity index (χ0n) is 13.6. The predicted octanol–water partition coefficient (Wildman–Crippen LogP) is 1.55. The minimum absolute atomic E-state index is 0.0169. The Labute approximate surface area is 145 Å². The third kappa shape index (κ3) is 3.88. The second-order valence-corrected chi connectivity index (χ2v) is 6.53. The van der Waals surface area contributed by atoms with E-state index in [0.29, 0.717) is 30.4 Å². The molecular formula is C16H21N5O2S. The normalized spacial score (nSPS) is 17.9. The fraction of sp³-hybridized carbons (Fsp3) is 0.500. The molecule has 1 aliphatic rings. The fourth-order valence-corrected chi connectivity index (χ4v) is 3.52. The SMILES string of the molecule is CCc1nnsc1C(=O)N1CCO[C@H](CCc2ccnc(N)c2)C1. The van der Waals surface area contributed by atoms with Gasteiger partial charge in [0, 0.05) is 19.3 Å². The molecule has 3 heterocycles. The molecule has 128 valence electrons. The standard InChI is InChI=1S/C16H21N5O2S/c1-2-13-15(24-20-19-13)16(22)21-7-8-23-12(10-21)4-3-11-5-6-18-14(17)9-11/h5-6,9,12H,2-4,7-8,10H2,1H3,(H2,17,18)/t12-/m1/s1. The highest BCUT2D eigenvalue weighted by Crippen LogP contribution is 2.19. The summed E-state index contributed by atoms with van der Waals surface area (Å²) in [5.41, 5.74) is 7.62. The lowest BCUT2D eigenvalue weighted by Gasteiger charge is -2.32. The predicted molar refractivity (Wildman–Crippen MR) is 91.9 cm³/mol. The second-order valence-electron chi connectivity index (χ2n) is 5.77. The van der Waals surface area contributed by atoms with Crippen molar-refractivity contribution in [2.45, 2.75) is 32.3 Å². The van der Waals surface area contributed by atoms with Gasteiger partial charge in [-0.1, -0.05) is 11.4 Å². The summed E-state index contributed by atoms with van der Waals surface area (Å²) in [6.45, 7) is 3.75. The Morgan fingerprint density at radius 1 is 1.54 bits per heavy atom. The van der Waals surface area contributed by atoms with Gasteiger partial charge in [-0.2, -0.15) is 0 Å². The molecule has 3 rings (SSSR count). The summed E-state index contributed by atoms with van der Waals surface area (Å²) in [5, 5.41) is 4.03. The molecule has 2 aromatic rings. The van der Waals surface area contributed by atoms with E-state index in [1.165, 1.54) is 11.5 Å². The molecule has 0 aliphatic carbocycles. The van der Waals surface area contributed by atoms with E-state index in [9.17, 15) is 4.79 Å². The van der Waals surface area contributed by atoms with Gasteiger partial charge in [0.25, 0.3) is 5.91 Å². The van der Waals surface area contributed by atoms with Crippen LogP contribution in [-0.2, 0) is 17.6 Å². The van der Waals surface area contributed by atoms with Gasteiger partial charge in [0.15, 0.2) is 0 Å². The van der Waals surface area contributed by atoms with Crippen LogP contribution in [0.2, 0.25) is 0 Å². The molecule has 8 heteroatoms. The van der Waals surface area contributed by atoms with Crippen molar-refractivity contribution in [3.05, 3.63) is 34.5 Å². The number of nitrogens with two attached hydrogens (primary N) is 1. The van der Waals surface area contributed by atoms with E-state index in [-0.39, 0.29) is 12.0 Å². The number of hydrogen-bond donors (Lipinski definition) is 1. The summed E-state index contributed by atoms with van der Waals surface area (Å²) in [5.74, 6) is 0.543. The Bertz CT molecular complexity index is 705. The second kappa shape index (κ2) is 7.67. The number of carbonyl (C=O) groups is 1. The molecule has 0 bridgehead atoms. The highest BCUT2D eigenvalue weighted by molar-refractivity contribution is 7.08. The van der Waals surface area contributed by atoms with Crippen LogP contribution in [0.1, 0.15) is 34.3 Å². The fourth-order valence-electron chi connectivity index (χ4n) is 2.80. The monoisotopic (exact) mass is 347 g/mol. The Kier molecular flexibility index (Phi) is 5.37. The van der Waals surface area contributed by atoms with Gasteiger partial charge >= 0.3 is 0 Å². The Hall–Kier alpha value is -2.06. The number of aromatic nitrogens is 3. The minimum Gasteiger partial charge on any atom is -0.384 e. The molecule has 1 fully saturated rings. The quantitative estimate of drug-likeness (QED) is 0.882. The molecule has 7 nitrogen and oxygen atoms in total. The summed E-state index contributed by atoms with van der Waals surface area (Å²) < 4.78 is 9.72. The van der Waals surface area contributed by atoms with Crippen molar-refractivity contribution in [1.82, 2.24) is 19.5 Å². The number of aryl methyl sites for hydroxylation is 2. The smallest absolute Gasteiger partial charge is 0.267 e. The molecular weight excluding hydrogens is 326 g/mol. The van der Waals surface area contributed by atoms with Crippen molar-refractivity contribution in [2.24, 2.45) is 0 Å². The number of ether oxygens (including phenoxy) is 1. The summed E-state index contributed by atoms with van der Waals surface area (Å²) in [4.78, 5) is 19.2. The van der Waals surface area contributed by atoms with Gasteiger partial charge in [0.2, 0.25) is 0 Å². The van der Waals surface area contributed by atoms with Crippen molar-refractivity contribution >= 4 is 23.3 Å². The van der Waals surface area contributed by atoms with Crippen molar-refractivity contribution in [1.29, 1.82) is 0 Å². The molecule has 1 atom stereocenters. The minimum atomic E-state index is 0.0169. The average Bonchev–Trinajstić information content (AvgIpc) is 3.08. The number of morpholine rings is 1. The largest absolute Gasteiger partial charge is 0.384 e. The van der Waals surface area contributed by atoms with E-state index in [2.05, 4.69) is 14.6 Å². The zero-order valence-corrected chi connectivity index (χ0v) is 14.5. The summed E-state index contributed by atoms with van der Waals surface area (Å²) >= 11 is 1.17. The van der Waals surface area contributed by atoms with E-state index >= 15 is 0 Å². The lowest BCUT2D eigenvalue weighted by molar-refractivity contribution is -0.0244. The molecule has 0 aromatic carbocycles. The summed E-state index contributed by atoms with van der Waals surface area (Å²) in [6.07, 6.45) is 4.15. The summed E-state index contributed by atoms with van der Waals surface area (Å²) in [6, 6.07) is 3.83. The van der Waals surface area contributed by atoms with Crippen LogP contribution in [0.5, 0.6) is 0 Å². The van der Waals surface area contributed by atoms with Crippen LogP contribution in [0.25, 0.3) is 0 Å². The topological polar surface area (TPSA) is 94.2 Å². The first-order chi connectivity index (χ1) is 11.7.